The zero-order valence-electron chi connectivity index (χ0n) is 11.4. The summed E-state index contributed by atoms with van der Waals surface area (Å²) in [5.74, 6) is -0.155. The van der Waals surface area contributed by atoms with Crippen LogP contribution in [0.4, 0.5) is 11.4 Å². The molecule has 20 heavy (non-hydrogen) atoms. The van der Waals surface area contributed by atoms with Crippen LogP contribution in [0.15, 0.2) is 54.6 Å². The lowest BCUT2D eigenvalue weighted by atomic mass is 10.2. The van der Waals surface area contributed by atoms with Crippen molar-refractivity contribution in [2.24, 2.45) is 0 Å². The maximum absolute atomic E-state index is 11.4. The molecule has 0 saturated carbocycles. The molecular weight excluding hydrogens is 252 g/mol. The summed E-state index contributed by atoms with van der Waals surface area (Å²) in [6, 6.07) is 17.8. The number of carbonyl (C=O) groups is 1. The van der Waals surface area contributed by atoms with E-state index in [1.807, 2.05) is 42.5 Å². The third-order valence-corrected chi connectivity index (χ3v) is 2.78. The van der Waals surface area contributed by atoms with Crippen LogP contribution in [0, 0.1) is 0 Å². The van der Waals surface area contributed by atoms with E-state index in [-0.39, 0.29) is 12.5 Å². The van der Waals surface area contributed by atoms with Crippen molar-refractivity contribution in [3.05, 3.63) is 60.2 Å². The number of amides is 1. The topological polar surface area (TPSA) is 50.4 Å². The van der Waals surface area contributed by atoms with Gasteiger partial charge in [0.25, 0.3) is 0 Å². The number of carbonyl (C=O) groups excluding carboxylic acids is 1. The second kappa shape index (κ2) is 7.31. The van der Waals surface area contributed by atoms with Crippen molar-refractivity contribution < 1.29 is 9.53 Å². The van der Waals surface area contributed by atoms with Gasteiger partial charge in [-0.15, -0.1) is 0 Å². The molecule has 0 spiro atoms. The fraction of sp³-hybridized carbons (Fsp3) is 0.188. The van der Waals surface area contributed by atoms with Gasteiger partial charge in [-0.2, -0.15) is 0 Å². The van der Waals surface area contributed by atoms with Crippen molar-refractivity contribution in [1.82, 2.24) is 0 Å². The average molecular weight is 270 g/mol. The van der Waals surface area contributed by atoms with Crippen LogP contribution in [-0.4, -0.2) is 19.6 Å². The Hall–Kier alpha value is -2.33. The van der Waals surface area contributed by atoms with Gasteiger partial charge >= 0.3 is 0 Å². The molecule has 104 valence electrons. The zero-order chi connectivity index (χ0) is 14.2. The molecule has 0 bridgehead atoms. The highest BCUT2D eigenvalue weighted by Gasteiger charge is 2.01. The molecule has 0 saturated heterocycles. The van der Waals surface area contributed by atoms with Crippen molar-refractivity contribution in [2.45, 2.75) is 6.54 Å². The monoisotopic (exact) mass is 270 g/mol. The summed E-state index contributed by atoms with van der Waals surface area (Å²) in [6.45, 7) is 0.838. The number of rotatable bonds is 6. The summed E-state index contributed by atoms with van der Waals surface area (Å²) in [4.78, 5) is 11.4. The van der Waals surface area contributed by atoms with Gasteiger partial charge in [-0.1, -0.05) is 30.3 Å². The Balaban J connectivity index is 1.87. The molecule has 4 heteroatoms. The van der Waals surface area contributed by atoms with Crippen LogP contribution in [0.2, 0.25) is 0 Å². The number of anilines is 2. The van der Waals surface area contributed by atoms with Gasteiger partial charge in [-0.05, 0) is 29.8 Å². The molecule has 2 aromatic carbocycles. The summed E-state index contributed by atoms with van der Waals surface area (Å²) in [5, 5.41) is 6.08. The standard InChI is InChI=1S/C16H18N2O2/c1-20-12-16(19)18-15-9-7-14(8-10-15)17-11-13-5-3-2-4-6-13/h2-10,17H,11-12H2,1H3,(H,18,19). The molecule has 2 N–H and O–H groups in total. The molecule has 0 fully saturated rings. The van der Waals surface area contributed by atoms with Crippen LogP contribution in [-0.2, 0) is 16.1 Å². The highest BCUT2D eigenvalue weighted by Crippen LogP contribution is 2.14. The first-order valence-electron chi connectivity index (χ1n) is 6.44. The summed E-state index contributed by atoms with van der Waals surface area (Å²) >= 11 is 0. The van der Waals surface area contributed by atoms with E-state index in [9.17, 15) is 4.79 Å². The van der Waals surface area contributed by atoms with Gasteiger partial charge in [0.15, 0.2) is 0 Å². The molecular formula is C16H18N2O2. The lowest BCUT2D eigenvalue weighted by molar-refractivity contribution is -0.119. The third kappa shape index (κ3) is 4.40. The van der Waals surface area contributed by atoms with E-state index in [1.54, 1.807) is 0 Å². The van der Waals surface area contributed by atoms with Crippen molar-refractivity contribution >= 4 is 17.3 Å². The van der Waals surface area contributed by atoms with Crippen LogP contribution in [0.1, 0.15) is 5.56 Å². The fourth-order valence-electron chi connectivity index (χ4n) is 1.80. The van der Waals surface area contributed by atoms with E-state index < -0.39 is 0 Å². The molecule has 0 unspecified atom stereocenters. The Bertz CT molecular complexity index is 538. The van der Waals surface area contributed by atoms with Gasteiger partial charge in [0.05, 0.1) is 0 Å². The second-order valence-corrected chi connectivity index (χ2v) is 4.40. The Morgan fingerprint density at radius 1 is 1.00 bits per heavy atom. The van der Waals surface area contributed by atoms with Gasteiger partial charge in [-0.3, -0.25) is 4.79 Å². The molecule has 0 atom stereocenters. The molecule has 0 aliphatic heterocycles. The predicted molar refractivity (Wildman–Crippen MR) is 80.7 cm³/mol. The fourth-order valence-corrected chi connectivity index (χ4v) is 1.80. The molecule has 2 rings (SSSR count). The molecule has 0 heterocycles. The molecule has 0 aromatic heterocycles. The van der Waals surface area contributed by atoms with Gasteiger partial charge in [0, 0.05) is 25.0 Å². The first-order valence-corrected chi connectivity index (χ1v) is 6.44. The van der Waals surface area contributed by atoms with Crippen molar-refractivity contribution in [3.63, 3.8) is 0 Å². The minimum atomic E-state index is -0.155. The van der Waals surface area contributed by atoms with Gasteiger partial charge in [0.2, 0.25) is 5.91 Å². The second-order valence-electron chi connectivity index (χ2n) is 4.40. The number of ether oxygens (including phenoxy) is 1. The lowest BCUT2D eigenvalue weighted by Gasteiger charge is -2.08. The number of hydrogen-bond acceptors (Lipinski definition) is 3. The lowest BCUT2D eigenvalue weighted by Crippen LogP contribution is -2.16. The Labute approximate surface area is 118 Å². The predicted octanol–water partition coefficient (Wildman–Crippen LogP) is 2.88. The van der Waals surface area contributed by atoms with Crippen LogP contribution in [0.3, 0.4) is 0 Å². The smallest absolute Gasteiger partial charge is 0.250 e. The van der Waals surface area contributed by atoms with Crippen LogP contribution >= 0.6 is 0 Å². The first-order chi connectivity index (χ1) is 9.78. The molecule has 0 aliphatic carbocycles. The van der Waals surface area contributed by atoms with E-state index in [4.69, 9.17) is 4.74 Å². The Morgan fingerprint density at radius 3 is 2.30 bits per heavy atom. The van der Waals surface area contributed by atoms with Gasteiger partial charge in [-0.25, -0.2) is 0 Å². The van der Waals surface area contributed by atoms with E-state index in [0.717, 1.165) is 17.9 Å². The Morgan fingerprint density at radius 2 is 1.65 bits per heavy atom. The van der Waals surface area contributed by atoms with Gasteiger partial charge < -0.3 is 15.4 Å². The summed E-state index contributed by atoms with van der Waals surface area (Å²) in [5.41, 5.74) is 3.00. The number of hydrogen-bond donors (Lipinski definition) is 2. The maximum atomic E-state index is 11.4. The summed E-state index contributed by atoms with van der Waals surface area (Å²) < 4.78 is 4.76. The SMILES string of the molecule is COCC(=O)Nc1ccc(NCc2ccccc2)cc1. The van der Waals surface area contributed by atoms with Crippen LogP contribution < -0.4 is 10.6 Å². The number of benzene rings is 2. The maximum Gasteiger partial charge on any atom is 0.250 e. The van der Waals surface area contributed by atoms with Crippen molar-refractivity contribution in [1.29, 1.82) is 0 Å². The first kappa shape index (κ1) is 14.1. The summed E-state index contributed by atoms with van der Waals surface area (Å²) in [6.07, 6.45) is 0. The highest BCUT2D eigenvalue weighted by atomic mass is 16.5. The number of nitrogens with one attached hydrogen (secondary N) is 2. The average Bonchev–Trinajstić information content (AvgIpc) is 2.48. The minimum Gasteiger partial charge on any atom is -0.381 e. The van der Waals surface area contributed by atoms with Crippen LogP contribution in [0.25, 0.3) is 0 Å². The molecule has 1 amide bonds. The third-order valence-electron chi connectivity index (χ3n) is 2.78. The van der Waals surface area contributed by atoms with Crippen molar-refractivity contribution in [2.75, 3.05) is 24.4 Å². The molecule has 4 nitrogen and oxygen atoms in total. The minimum absolute atomic E-state index is 0.0635. The molecule has 0 radical (unpaired) electrons. The van der Waals surface area contributed by atoms with E-state index in [2.05, 4.69) is 22.8 Å². The summed E-state index contributed by atoms with van der Waals surface area (Å²) in [7, 11) is 1.50. The van der Waals surface area contributed by atoms with E-state index in [1.165, 1.54) is 12.7 Å². The highest BCUT2D eigenvalue weighted by molar-refractivity contribution is 5.91. The van der Waals surface area contributed by atoms with E-state index in [0.29, 0.717) is 0 Å². The van der Waals surface area contributed by atoms with Gasteiger partial charge in [0.1, 0.15) is 6.61 Å². The largest absolute Gasteiger partial charge is 0.381 e. The van der Waals surface area contributed by atoms with Crippen molar-refractivity contribution in [3.8, 4) is 0 Å². The normalized spacial score (nSPS) is 10.1. The quantitative estimate of drug-likeness (QED) is 0.848. The number of methoxy groups -OCH3 is 1. The van der Waals surface area contributed by atoms with Crippen LogP contribution in [0.5, 0.6) is 0 Å². The molecule has 0 aliphatic rings. The van der Waals surface area contributed by atoms with E-state index >= 15 is 0 Å². The zero-order valence-corrected chi connectivity index (χ0v) is 11.4. The Kier molecular flexibility index (Phi) is 5.15. The molecule has 2 aromatic rings.